The zero-order valence-corrected chi connectivity index (χ0v) is 14.4. The van der Waals surface area contributed by atoms with Crippen LogP contribution >= 0.6 is 0 Å². The second-order valence-corrected chi connectivity index (χ2v) is 6.00. The third-order valence-corrected chi connectivity index (χ3v) is 4.26. The Labute approximate surface area is 151 Å². The molecule has 0 N–H and O–H groups in total. The molecule has 1 aliphatic rings. The predicted molar refractivity (Wildman–Crippen MR) is 95.2 cm³/mol. The molecule has 1 fully saturated rings. The van der Waals surface area contributed by atoms with Gasteiger partial charge in [0, 0.05) is 24.2 Å². The van der Waals surface area contributed by atoms with Crippen molar-refractivity contribution in [3.63, 3.8) is 0 Å². The average Bonchev–Trinajstić information content (AvgIpc) is 3.08. The summed E-state index contributed by atoms with van der Waals surface area (Å²) in [5.74, 6) is -0.991. The monoisotopic (exact) mass is 353 g/mol. The van der Waals surface area contributed by atoms with E-state index in [0.29, 0.717) is 11.3 Å². The van der Waals surface area contributed by atoms with Gasteiger partial charge in [0.05, 0.1) is 13.0 Å². The van der Waals surface area contributed by atoms with E-state index >= 15 is 0 Å². The minimum atomic E-state index is -0.569. The average molecular weight is 353 g/mol. The summed E-state index contributed by atoms with van der Waals surface area (Å²) < 4.78 is 10.2. The maximum absolute atomic E-state index is 12.2. The summed E-state index contributed by atoms with van der Waals surface area (Å²) in [5, 5.41) is 0. The third-order valence-electron chi connectivity index (χ3n) is 4.26. The molecule has 1 unspecified atom stereocenters. The first-order valence-corrected chi connectivity index (χ1v) is 8.28. The zero-order chi connectivity index (χ0) is 18.5. The number of anilines is 1. The molecule has 0 bridgehead atoms. The first-order chi connectivity index (χ1) is 12.6. The number of rotatable bonds is 6. The van der Waals surface area contributed by atoms with Crippen molar-refractivity contribution < 1.29 is 23.9 Å². The van der Waals surface area contributed by atoms with E-state index in [2.05, 4.69) is 0 Å². The van der Waals surface area contributed by atoms with E-state index in [0.717, 1.165) is 5.69 Å². The maximum atomic E-state index is 12.2. The minimum Gasteiger partial charge on any atom is -0.497 e. The summed E-state index contributed by atoms with van der Waals surface area (Å²) >= 11 is 0. The largest absolute Gasteiger partial charge is 0.497 e. The Kier molecular flexibility index (Phi) is 5.31. The van der Waals surface area contributed by atoms with Crippen LogP contribution in [-0.2, 0) is 14.3 Å². The molecule has 2 aromatic carbocycles. The van der Waals surface area contributed by atoms with Crippen LogP contribution in [0.3, 0.4) is 0 Å². The van der Waals surface area contributed by atoms with Gasteiger partial charge in [-0.1, -0.05) is 30.3 Å². The molecule has 1 atom stereocenters. The van der Waals surface area contributed by atoms with Crippen LogP contribution in [0.4, 0.5) is 5.69 Å². The van der Waals surface area contributed by atoms with E-state index in [4.69, 9.17) is 9.47 Å². The molecule has 3 rings (SSSR count). The number of carbonyl (C=O) groups excluding carboxylic acids is 3. The number of ether oxygens (including phenoxy) is 2. The normalized spacial score (nSPS) is 16.4. The fourth-order valence-electron chi connectivity index (χ4n) is 2.86. The lowest BCUT2D eigenvalue weighted by Crippen LogP contribution is -2.27. The smallest absolute Gasteiger partial charge is 0.311 e. The molecule has 134 valence electrons. The Morgan fingerprint density at radius 2 is 1.88 bits per heavy atom. The topological polar surface area (TPSA) is 72.9 Å². The van der Waals surface area contributed by atoms with Crippen molar-refractivity contribution in [2.45, 2.75) is 6.42 Å². The molecule has 2 aromatic rings. The van der Waals surface area contributed by atoms with Gasteiger partial charge < -0.3 is 14.4 Å². The highest BCUT2D eigenvalue weighted by Crippen LogP contribution is 2.25. The molecule has 1 amide bonds. The van der Waals surface area contributed by atoms with Gasteiger partial charge in [-0.3, -0.25) is 14.4 Å². The van der Waals surface area contributed by atoms with Gasteiger partial charge in [0.1, 0.15) is 5.75 Å². The summed E-state index contributed by atoms with van der Waals surface area (Å²) in [5.41, 5.74) is 1.16. The van der Waals surface area contributed by atoms with Crippen LogP contribution in [0.1, 0.15) is 16.8 Å². The first kappa shape index (κ1) is 17.7. The number of esters is 1. The van der Waals surface area contributed by atoms with Crippen molar-refractivity contribution in [2.24, 2.45) is 5.92 Å². The predicted octanol–water partition coefficient (Wildman–Crippen LogP) is 2.47. The lowest BCUT2D eigenvalue weighted by atomic mass is 10.1. The molecule has 6 nitrogen and oxygen atoms in total. The van der Waals surface area contributed by atoms with E-state index in [-0.39, 0.29) is 31.3 Å². The number of para-hydroxylation sites is 1. The molecule has 6 heteroatoms. The van der Waals surface area contributed by atoms with Crippen molar-refractivity contribution >= 4 is 23.3 Å². The number of nitrogens with zero attached hydrogens (tertiary/aromatic N) is 1. The Bertz CT molecular complexity index is 818. The van der Waals surface area contributed by atoms with E-state index in [1.54, 1.807) is 29.2 Å². The first-order valence-electron chi connectivity index (χ1n) is 8.28. The van der Waals surface area contributed by atoms with E-state index in [1.807, 2.05) is 30.3 Å². The zero-order valence-electron chi connectivity index (χ0n) is 14.4. The second-order valence-electron chi connectivity index (χ2n) is 6.00. The van der Waals surface area contributed by atoms with Crippen LogP contribution in [0.2, 0.25) is 0 Å². The molecule has 0 saturated carbocycles. The summed E-state index contributed by atoms with van der Waals surface area (Å²) in [6.45, 7) is -0.100. The SMILES string of the molecule is COc1cccc(C(=O)COC(=O)C2CC(=O)N(c3ccccc3)C2)c1. The number of benzene rings is 2. The molecule has 1 aliphatic heterocycles. The van der Waals surface area contributed by atoms with Crippen molar-refractivity contribution in [2.75, 3.05) is 25.2 Å². The van der Waals surface area contributed by atoms with Crippen molar-refractivity contribution in [3.05, 3.63) is 60.2 Å². The van der Waals surface area contributed by atoms with Gasteiger partial charge in [-0.2, -0.15) is 0 Å². The number of ketones is 1. The lowest BCUT2D eigenvalue weighted by Gasteiger charge is -2.16. The van der Waals surface area contributed by atoms with E-state index < -0.39 is 11.9 Å². The molecule has 0 radical (unpaired) electrons. The molecule has 1 saturated heterocycles. The lowest BCUT2D eigenvalue weighted by molar-refractivity contribution is -0.147. The number of hydrogen-bond acceptors (Lipinski definition) is 5. The van der Waals surface area contributed by atoms with Gasteiger partial charge in [-0.15, -0.1) is 0 Å². The number of amides is 1. The van der Waals surface area contributed by atoms with Crippen LogP contribution < -0.4 is 9.64 Å². The number of Topliss-reactive ketones (excluding diaryl/α,β-unsaturated/α-hetero) is 1. The fourth-order valence-corrected chi connectivity index (χ4v) is 2.86. The summed E-state index contributed by atoms with van der Waals surface area (Å²) in [6.07, 6.45) is 0.0844. The summed E-state index contributed by atoms with van der Waals surface area (Å²) in [4.78, 5) is 38.1. The van der Waals surface area contributed by atoms with Crippen LogP contribution in [0.5, 0.6) is 5.75 Å². The van der Waals surface area contributed by atoms with Crippen molar-refractivity contribution in [1.29, 1.82) is 0 Å². The highest BCUT2D eigenvalue weighted by molar-refractivity contribution is 6.01. The maximum Gasteiger partial charge on any atom is 0.311 e. The number of methoxy groups -OCH3 is 1. The van der Waals surface area contributed by atoms with Gasteiger partial charge in [0.25, 0.3) is 0 Å². The van der Waals surface area contributed by atoms with Crippen LogP contribution in [-0.4, -0.2) is 37.9 Å². The Balaban J connectivity index is 1.57. The van der Waals surface area contributed by atoms with Gasteiger partial charge in [0.2, 0.25) is 5.91 Å². The standard InChI is InChI=1S/C20H19NO5/c1-25-17-9-5-6-14(10-17)18(22)13-26-20(24)15-11-19(23)21(12-15)16-7-3-2-4-8-16/h2-10,15H,11-13H2,1H3. The van der Waals surface area contributed by atoms with Crippen LogP contribution in [0, 0.1) is 5.92 Å². The van der Waals surface area contributed by atoms with Crippen LogP contribution in [0.15, 0.2) is 54.6 Å². The van der Waals surface area contributed by atoms with Gasteiger partial charge in [0.15, 0.2) is 12.4 Å². The molecule has 26 heavy (non-hydrogen) atoms. The van der Waals surface area contributed by atoms with Crippen molar-refractivity contribution in [3.8, 4) is 5.75 Å². The molecule has 0 aliphatic carbocycles. The Morgan fingerprint density at radius 1 is 1.12 bits per heavy atom. The fraction of sp³-hybridized carbons (Fsp3) is 0.250. The minimum absolute atomic E-state index is 0.0844. The number of hydrogen-bond donors (Lipinski definition) is 0. The highest BCUT2D eigenvalue weighted by atomic mass is 16.5. The number of carbonyl (C=O) groups is 3. The van der Waals surface area contributed by atoms with Gasteiger partial charge >= 0.3 is 5.97 Å². The molecular weight excluding hydrogens is 334 g/mol. The van der Waals surface area contributed by atoms with Gasteiger partial charge in [-0.05, 0) is 24.3 Å². The molecule has 0 spiro atoms. The highest BCUT2D eigenvalue weighted by Gasteiger charge is 2.36. The van der Waals surface area contributed by atoms with Crippen molar-refractivity contribution in [1.82, 2.24) is 0 Å². The quantitative estimate of drug-likeness (QED) is 0.589. The molecule has 0 aromatic heterocycles. The Morgan fingerprint density at radius 3 is 2.62 bits per heavy atom. The van der Waals surface area contributed by atoms with E-state index in [1.165, 1.54) is 7.11 Å². The summed E-state index contributed by atoms with van der Waals surface area (Å²) in [7, 11) is 1.51. The van der Waals surface area contributed by atoms with Gasteiger partial charge in [-0.25, -0.2) is 0 Å². The van der Waals surface area contributed by atoms with E-state index in [9.17, 15) is 14.4 Å². The molecule has 1 heterocycles. The second kappa shape index (κ2) is 7.82. The summed E-state index contributed by atoms with van der Waals surface area (Å²) in [6, 6.07) is 15.8. The van der Waals surface area contributed by atoms with Crippen LogP contribution in [0.25, 0.3) is 0 Å². The third kappa shape index (κ3) is 3.91. The molecular formula is C20H19NO5. The Hall–Kier alpha value is -3.15.